The van der Waals surface area contributed by atoms with E-state index in [9.17, 15) is 19.3 Å². The Labute approximate surface area is 195 Å². The first kappa shape index (κ1) is 24.3. The highest BCUT2D eigenvalue weighted by molar-refractivity contribution is 7.99. The van der Waals surface area contributed by atoms with Crippen LogP contribution in [0.15, 0.2) is 53.7 Å². The second-order valence-corrected chi connectivity index (χ2v) is 8.50. The minimum Gasteiger partial charge on any atom is -0.325 e. The van der Waals surface area contributed by atoms with Crippen LogP contribution in [0.4, 0.5) is 15.8 Å². The summed E-state index contributed by atoms with van der Waals surface area (Å²) in [5.74, 6) is -0.531. The fourth-order valence-electron chi connectivity index (χ4n) is 3.40. The van der Waals surface area contributed by atoms with Crippen molar-refractivity contribution in [3.63, 3.8) is 0 Å². The number of halogens is 1. The van der Waals surface area contributed by atoms with Gasteiger partial charge in [0.15, 0.2) is 11.0 Å². The van der Waals surface area contributed by atoms with E-state index in [1.54, 1.807) is 0 Å². The maximum Gasteiger partial charge on any atom is 0.306 e. The average Bonchev–Trinajstić information content (AvgIpc) is 3.16. The van der Waals surface area contributed by atoms with E-state index < -0.39 is 22.3 Å². The summed E-state index contributed by atoms with van der Waals surface area (Å²) in [6.07, 6.45) is 0.842. The molecule has 3 rings (SSSR count). The molecule has 3 aromatic rings. The van der Waals surface area contributed by atoms with Crippen LogP contribution in [0.3, 0.4) is 0 Å². The first-order valence-electron chi connectivity index (χ1n) is 10.3. The van der Waals surface area contributed by atoms with Gasteiger partial charge in [0, 0.05) is 11.8 Å². The number of hydrogen-bond donors (Lipinski definition) is 1. The van der Waals surface area contributed by atoms with Gasteiger partial charge in [0.25, 0.3) is 0 Å². The molecule has 1 aromatic heterocycles. The third-order valence-corrected chi connectivity index (χ3v) is 5.96. The largest absolute Gasteiger partial charge is 0.325 e. The van der Waals surface area contributed by atoms with Crippen molar-refractivity contribution < 1.29 is 14.1 Å². The fourth-order valence-corrected chi connectivity index (χ4v) is 4.15. The zero-order valence-electron chi connectivity index (χ0n) is 18.6. The molecule has 1 heterocycles. The number of hydrogen-bond acceptors (Lipinski definition) is 7. The molecular weight excluding hydrogens is 447 g/mol. The molecule has 0 radical (unpaired) electrons. The summed E-state index contributed by atoms with van der Waals surface area (Å²) in [7, 11) is 3.97. The summed E-state index contributed by atoms with van der Waals surface area (Å²) in [5.41, 5.74) is 0.540. The maximum absolute atomic E-state index is 13.5. The van der Waals surface area contributed by atoms with E-state index in [1.807, 2.05) is 49.0 Å². The average molecular weight is 473 g/mol. The summed E-state index contributed by atoms with van der Waals surface area (Å²) >= 11 is 1.22. The molecular formula is C22H25FN6O3S. The van der Waals surface area contributed by atoms with Crippen LogP contribution in [0.1, 0.15) is 30.8 Å². The molecule has 0 aliphatic heterocycles. The number of amides is 1. The van der Waals surface area contributed by atoms with E-state index in [0.717, 1.165) is 29.9 Å². The van der Waals surface area contributed by atoms with Crippen molar-refractivity contribution in [2.45, 2.75) is 31.1 Å². The van der Waals surface area contributed by atoms with Crippen molar-refractivity contribution in [1.29, 1.82) is 0 Å². The van der Waals surface area contributed by atoms with Crippen molar-refractivity contribution in [2.75, 3.05) is 25.2 Å². The van der Waals surface area contributed by atoms with E-state index >= 15 is 0 Å². The molecule has 1 N–H and O–H groups in total. The highest BCUT2D eigenvalue weighted by Crippen LogP contribution is 2.27. The Kier molecular flexibility index (Phi) is 8.12. The molecule has 0 aliphatic rings. The van der Waals surface area contributed by atoms with Gasteiger partial charge in [0.1, 0.15) is 0 Å². The van der Waals surface area contributed by atoms with Crippen molar-refractivity contribution in [1.82, 2.24) is 19.7 Å². The molecule has 174 valence electrons. The van der Waals surface area contributed by atoms with E-state index in [-0.39, 0.29) is 17.5 Å². The third kappa shape index (κ3) is 6.14. The highest BCUT2D eigenvalue weighted by Gasteiger charge is 2.23. The van der Waals surface area contributed by atoms with Gasteiger partial charge in [0.2, 0.25) is 11.7 Å². The maximum atomic E-state index is 13.5. The second-order valence-electron chi connectivity index (χ2n) is 7.56. The third-order valence-electron chi connectivity index (χ3n) is 5.00. The van der Waals surface area contributed by atoms with Crippen molar-refractivity contribution in [3.05, 3.63) is 75.9 Å². The van der Waals surface area contributed by atoms with Crippen LogP contribution in [-0.2, 0) is 11.3 Å². The zero-order chi connectivity index (χ0) is 24.0. The smallest absolute Gasteiger partial charge is 0.306 e. The van der Waals surface area contributed by atoms with Crippen LogP contribution < -0.4 is 5.32 Å². The fraction of sp³-hybridized carbons (Fsp3) is 0.318. The lowest BCUT2D eigenvalue weighted by Gasteiger charge is -2.23. The van der Waals surface area contributed by atoms with Crippen LogP contribution in [0.2, 0.25) is 0 Å². The lowest BCUT2D eigenvalue weighted by atomic mass is 10.2. The summed E-state index contributed by atoms with van der Waals surface area (Å²) in [5, 5.41) is 22.8. The first-order chi connectivity index (χ1) is 15.8. The molecule has 1 atom stereocenters. The molecule has 0 saturated heterocycles. The second kappa shape index (κ2) is 11.0. The summed E-state index contributed by atoms with van der Waals surface area (Å²) in [4.78, 5) is 24.6. The molecule has 1 unspecified atom stereocenters. The zero-order valence-corrected chi connectivity index (χ0v) is 19.4. The molecule has 9 nitrogen and oxygen atoms in total. The van der Waals surface area contributed by atoms with Gasteiger partial charge in [-0.25, -0.2) is 0 Å². The summed E-state index contributed by atoms with van der Waals surface area (Å²) in [6.45, 7) is 2.63. The van der Waals surface area contributed by atoms with Gasteiger partial charge < -0.3 is 9.88 Å². The van der Waals surface area contributed by atoms with Gasteiger partial charge >= 0.3 is 5.69 Å². The van der Waals surface area contributed by atoms with Gasteiger partial charge in [-0.2, -0.15) is 4.39 Å². The lowest BCUT2D eigenvalue weighted by molar-refractivity contribution is -0.387. The number of aromatic nitrogens is 3. The Balaban J connectivity index is 1.77. The molecule has 0 spiro atoms. The van der Waals surface area contributed by atoms with E-state index in [1.165, 1.54) is 17.8 Å². The minimum atomic E-state index is -0.958. The monoisotopic (exact) mass is 472 g/mol. The molecule has 0 fully saturated rings. The molecule has 0 aliphatic carbocycles. The van der Waals surface area contributed by atoms with Crippen LogP contribution in [0.5, 0.6) is 0 Å². The van der Waals surface area contributed by atoms with Crippen LogP contribution in [-0.4, -0.2) is 50.3 Å². The van der Waals surface area contributed by atoms with E-state index in [4.69, 9.17) is 0 Å². The number of thioether (sulfide) groups is 1. The number of nitro benzene ring substituents is 1. The van der Waals surface area contributed by atoms with Gasteiger partial charge in [-0.3, -0.25) is 19.8 Å². The number of nitro groups is 1. The quantitative estimate of drug-likeness (QED) is 0.269. The molecule has 2 aromatic carbocycles. The van der Waals surface area contributed by atoms with Crippen molar-refractivity contribution in [2.24, 2.45) is 0 Å². The van der Waals surface area contributed by atoms with Crippen LogP contribution in [0.25, 0.3) is 0 Å². The van der Waals surface area contributed by atoms with E-state index in [0.29, 0.717) is 11.7 Å². The Hall–Kier alpha value is -3.31. The van der Waals surface area contributed by atoms with Gasteiger partial charge in [-0.05, 0) is 38.2 Å². The SMILES string of the molecule is CCC(c1nnc(SCC(=O)Nc2ccc(F)c([N+](=O)[O-])c2)n1Cc1ccccc1)N(C)C. The first-order valence-corrected chi connectivity index (χ1v) is 11.3. The molecule has 33 heavy (non-hydrogen) atoms. The summed E-state index contributed by atoms with van der Waals surface area (Å²) in [6, 6.07) is 13.2. The van der Waals surface area contributed by atoms with Crippen LogP contribution >= 0.6 is 11.8 Å². The van der Waals surface area contributed by atoms with Crippen molar-refractivity contribution >= 4 is 29.0 Å². The van der Waals surface area contributed by atoms with Crippen LogP contribution in [0, 0.1) is 15.9 Å². The number of carbonyl (C=O) groups excluding carboxylic acids is 1. The van der Waals surface area contributed by atoms with Gasteiger partial charge in [0.05, 0.1) is 23.3 Å². The Morgan fingerprint density at radius 1 is 1.24 bits per heavy atom. The predicted molar refractivity (Wildman–Crippen MR) is 125 cm³/mol. The number of benzene rings is 2. The molecule has 0 bridgehead atoms. The molecule has 1 amide bonds. The van der Waals surface area contributed by atoms with E-state index in [2.05, 4.69) is 27.3 Å². The highest BCUT2D eigenvalue weighted by atomic mass is 32.2. The molecule has 0 saturated carbocycles. The number of carbonyl (C=O) groups is 1. The number of anilines is 1. The predicted octanol–water partition coefficient (Wildman–Crippen LogP) is 4.12. The Bertz CT molecular complexity index is 1120. The normalized spacial score (nSPS) is 12.0. The molecule has 11 heteroatoms. The number of nitrogens with zero attached hydrogens (tertiary/aromatic N) is 5. The van der Waals surface area contributed by atoms with Gasteiger partial charge in [-0.15, -0.1) is 10.2 Å². The number of nitrogens with one attached hydrogen (secondary N) is 1. The summed E-state index contributed by atoms with van der Waals surface area (Å²) < 4.78 is 15.5. The Morgan fingerprint density at radius 3 is 2.61 bits per heavy atom. The lowest BCUT2D eigenvalue weighted by Crippen LogP contribution is -2.23. The Morgan fingerprint density at radius 2 is 1.97 bits per heavy atom. The minimum absolute atomic E-state index is 0.0108. The van der Waals surface area contributed by atoms with Gasteiger partial charge in [-0.1, -0.05) is 49.0 Å². The standard InChI is InChI=1S/C22H25FN6O3S/c1-4-18(27(2)3)21-25-26-22(28(21)13-15-8-6-5-7-9-15)33-14-20(30)24-16-10-11-17(23)19(12-16)29(31)32/h5-12,18H,4,13-14H2,1-3H3,(H,24,30). The topological polar surface area (TPSA) is 106 Å². The van der Waals surface area contributed by atoms with Crippen molar-refractivity contribution in [3.8, 4) is 0 Å². The number of rotatable bonds is 10.